The lowest BCUT2D eigenvalue weighted by Crippen LogP contribution is -2.18. The van der Waals surface area contributed by atoms with Gasteiger partial charge < -0.3 is 9.84 Å². The molecule has 1 N–H and O–H groups in total. The molecule has 0 atom stereocenters. The van der Waals surface area contributed by atoms with Gasteiger partial charge in [0.1, 0.15) is 17.5 Å². The Labute approximate surface area is 82.5 Å². The van der Waals surface area contributed by atoms with Crippen molar-refractivity contribution in [3.05, 3.63) is 23.5 Å². The Kier molecular flexibility index (Phi) is 3.11. The van der Waals surface area contributed by atoms with E-state index in [4.69, 9.17) is 10.4 Å². The van der Waals surface area contributed by atoms with Gasteiger partial charge in [-0.05, 0) is 0 Å². The first-order valence-corrected chi connectivity index (χ1v) is 3.72. The number of hydrogen-bond acceptors (Lipinski definition) is 4. The van der Waals surface area contributed by atoms with Gasteiger partial charge in [-0.1, -0.05) is 0 Å². The van der Waals surface area contributed by atoms with E-state index in [9.17, 15) is 13.2 Å². The van der Waals surface area contributed by atoms with Gasteiger partial charge in [0.2, 0.25) is 0 Å². The molecule has 0 aromatic carbocycles. The second kappa shape index (κ2) is 4.14. The lowest BCUT2D eigenvalue weighted by molar-refractivity contribution is -0.275. The van der Waals surface area contributed by atoms with E-state index in [2.05, 4.69) is 9.72 Å². The molecule has 0 unspecified atom stereocenters. The first kappa shape index (κ1) is 11.3. The number of hydrogen-bond donors (Lipinski definition) is 1. The highest BCUT2D eigenvalue weighted by atomic mass is 19.4. The maximum Gasteiger partial charge on any atom is 0.573 e. The zero-order valence-corrected chi connectivity index (χ0v) is 7.25. The van der Waals surface area contributed by atoms with Crippen LogP contribution in [0.1, 0.15) is 11.3 Å². The van der Waals surface area contributed by atoms with Crippen LogP contribution in [-0.4, -0.2) is 16.5 Å². The molecule has 0 spiro atoms. The first-order chi connectivity index (χ1) is 6.96. The topological polar surface area (TPSA) is 66.1 Å². The zero-order valence-electron chi connectivity index (χ0n) is 7.25. The van der Waals surface area contributed by atoms with E-state index in [1.165, 1.54) is 0 Å². The fourth-order valence-electron chi connectivity index (χ4n) is 0.865. The van der Waals surface area contributed by atoms with Crippen molar-refractivity contribution in [2.75, 3.05) is 0 Å². The summed E-state index contributed by atoms with van der Waals surface area (Å²) in [5, 5.41) is 17.1. The summed E-state index contributed by atoms with van der Waals surface area (Å²) in [6, 6.07) is 2.38. The van der Waals surface area contributed by atoms with Crippen molar-refractivity contribution < 1.29 is 23.0 Å². The fourth-order valence-corrected chi connectivity index (χ4v) is 0.865. The SMILES string of the molecule is N#Cc1cc(OC(F)(F)F)c(CO)cn1. The Bertz CT molecular complexity index is 398. The molecule has 7 heteroatoms. The Balaban J connectivity index is 3.08. The van der Waals surface area contributed by atoms with Crippen molar-refractivity contribution in [3.63, 3.8) is 0 Å². The van der Waals surface area contributed by atoms with E-state index in [0.29, 0.717) is 0 Å². The van der Waals surface area contributed by atoms with Gasteiger partial charge in [-0.25, -0.2) is 4.98 Å². The molecule has 80 valence electrons. The lowest BCUT2D eigenvalue weighted by Gasteiger charge is -2.11. The predicted octanol–water partition coefficient (Wildman–Crippen LogP) is 1.34. The zero-order chi connectivity index (χ0) is 11.5. The first-order valence-electron chi connectivity index (χ1n) is 3.72. The quantitative estimate of drug-likeness (QED) is 0.813. The molecule has 1 rings (SSSR count). The summed E-state index contributed by atoms with van der Waals surface area (Å²) in [4.78, 5) is 3.49. The van der Waals surface area contributed by atoms with Crippen LogP contribution in [0.3, 0.4) is 0 Å². The van der Waals surface area contributed by atoms with Gasteiger partial charge in [-0.2, -0.15) is 5.26 Å². The third-order valence-electron chi connectivity index (χ3n) is 1.45. The number of aliphatic hydroxyl groups is 1. The molecule has 4 nitrogen and oxygen atoms in total. The molecule has 15 heavy (non-hydrogen) atoms. The van der Waals surface area contributed by atoms with Gasteiger partial charge in [0.05, 0.1) is 6.61 Å². The van der Waals surface area contributed by atoms with Crippen molar-refractivity contribution >= 4 is 0 Å². The van der Waals surface area contributed by atoms with Gasteiger partial charge in [-0.3, -0.25) is 0 Å². The number of ether oxygens (including phenoxy) is 1. The Morgan fingerprint density at radius 3 is 2.67 bits per heavy atom. The average molecular weight is 218 g/mol. The van der Waals surface area contributed by atoms with Crippen molar-refractivity contribution in [1.29, 1.82) is 5.26 Å². The fraction of sp³-hybridized carbons (Fsp3) is 0.250. The van der Waals surface area contributed by atoms with Crippen LogP contribution in [0.25, 0.3) is 0 Å². The van der Waals surface area contributed by atoms with Crippen LogP contribution in [-0.2, 0) is 6.61 Å². The molecule has 0 saturated carbocycles. The Morgan fingerprint density at radius 2 is 2.20 bits per heavy atom. The highest BCUT2D eigenvalue weighted by Crippen LogP contribution is 2.26. The van der Waals surface area contributed by atoms with E-state index in [1.54, 1.807) is 6.07 Å². The van der Waals surface area contributed by atoms with Crippen LogP contribution in [0.2, 0.25) is 0 Å². The summed E-state index contributed by atoms with van der Waals surface area (Å²) < 4.78 is 39.3. The molecule has 1 heterocycles. The van der Waals surface area contributed by atoms with Gasteiger partial charge in [0.15, 0.2) is 0 Å². The van der Waals surface area contributed by atoms with Crippen molar-refractivity contribution in [1.82, 2.24) is 4.98 Å². The summed E-state index contributed by atoms with van der Waals surface area (Å²) in [6.07, 6.45) is -3.91. The molecular formula is C8H5F3N2O2. The Morgan fingerprint density at radius 1 is 1.53 bits per heavy atom. The predicted molar refractivity (Wildman–Crippen MR) is 41.6 cm³/mol. The molecule has 0 radical (unpaired) electrons. The van der Waals surface area contributed by atoms with Gasteiger partial charge in [0, 0.05) is 17.8 Å². The normalized spacial score (nSPS) is 10.9. The molecule has 0 aliphatic carbocycles. The van der Waals surface area contributed by atoms with Crippen molar-refractivity contribution in [3.8, 4) is 11.8 Å². The summed E-state index contributed by atoms with van der Waals surface area (Å²) in [6.45, 7) is -0.649. The van der Waals surface area contributed by atoms with E-state index in [-0.39, 0.29) is 11.3 Å². The molecule has 0 bridgehead atoms. The smallest absolute Gasteiger partial charge is 0.405 e. The minimum Gasteiger partial charge on any atom is -0.405 e. The molecule has 0 amide bonds. The van der Waals surface area contributed by atoms with E-state index >= 15 is 0 Å². The largest absolute Gasteiger partial charge is 0.573 e. The van der Waals surface area contributed by atoms with Gasteiger partial charge in [0.25, 0.3) is 0 Å². The van der Waals surface area contributed by atoms with Gasteiger partial charge >= 0.3 is 6.36 Å². The molecule has 1 aromatic heterocycles. The van der Waals surface area contributed by atoms with Crippen molar-refractivity contribution in [2.24, 2.45) is 0 Å². The number of rotatable bonds is 2. The maximum atomic E-state index is 11.9. The van der Waals surface area contributed by atoms with Crippen LogP contribution < -0.4 is 4.74 Å². The van der Waals surface area contributed by atoms with Crippen molar-refractivity contribution in [2.45, 2.75) is 13.0 Å². The number of aromatic nitrogens is 1. The summed E-state index contributed by atoms with van der Waals surface area (Å²) in [5.41, 5.74) is -0.349. The summed E-state index contributed by atoms with van der Waals surface area (Å²) >= 11 is 0. The number of nitrogens with zero attached hydrogens (tertiary/aromatic N) is 2. The second-order valence-corrected chi connectivity index (χ2v) is 2.49. The van der Waals surface area contributed by atoms with Crippen LogP contribution in [0.5, 0.6) is 5.75 Å². The molecule has 1 aromatic rings. The third-order valence-corrected chi connectivity index (χ3v) is 1.45. The monoisotopic (exact) mass is 218 g/mol. The van der Waals surface area contributed by atoms with E-state index in [0.717, 1.165) is 12.3 Å². The van der Waals surface area contributed by atoms with Gasteiger partial charge in [-0.15, -0.1) is 13.2 Å². The minimum atomic E-state index is -4.86. The molecule has 0 saturated heterocycles. The molecule has 0 aliphatic heterocycles. The van der Waals surface area contributed by atoms with E-state index < -0.39 is 18.7 Å². The number of pyridine rings is 1. The molecular weight excluding hydrogens is 213 g/mol. The number of nitriles is 1. The van der Waals surface area contributed by atoms with Crippen LogP contribution >= 0.6 is 0 Å². The lowest BCUT2D eigenvalue weighted by atomic mass is 10.2. The highest BCUT2D eigenvalue weighted by molar-refractivity contribution is 5.36. The van der Waals surface area contributed by atoms with Crippen LogP contribution in [0, 0.1) is 11.3 Å². The number of alkyl halides is 3. The molecule has 0 fully saturated rings. The standard InChI is InChI=1S/C8H5F3N2O2/c9-8(10,11)15-7-1-6(2-12)13-3-5(7)4-14/h1,3,14H,4H2. The van der Waals surface area contributed by atoms with Crippen LogP contribution in [0.4, 0.5) is 13.2 Å². The summed E-state index contributed by atoms with van der Waals surface area (Å²) in [7, 11) is 0. The third kappa shape index (κ3) is 3.11. The number of halogens is 3. The minimum absolute atomic E-state index is 0.133. The maximum absolute atomic E-state index is 11.9. The highest BCUT2D eigenvalue weighted by Gasteiger charge is 2.32. The number of aliphatic hydroxyl groups excluding tert-OH is 1. The Hall–Kier alpha value is -1.81. The molecule has 0 aliphatic rings. The van der Waals surface area contributed by atoms with Crippen LogP contribution in [0.15, 0.2) is 12.3 Å². The van der Waals surface area contributed by atoms with E-state index in [1.807, 2.05) is 0 Å². The second-order valence-electron chi connectivity index (χ2n) is 2.49. The average Bonchev–Trinajstić information content (AvgIpc) is 2.15. The summed E-state index contributed by atoms with van der Waals surface area (Å²) in [5.74, 6) is -0.614.